The van der Waals surface area contributed by atoms with Crippen LogP contribution >= 0.6 is 0 Å². The Morgan fingerprint density at radius 2 is 1.89 bits per heavy atom. The molecule has 2 rings (SSSR count). The number of carbonyl (C=O) groups is 1. The molecule has 0 atom stereocenters. The number of carbonyl (C=O) groups excluding carboxylic acids is 1. The van der Waals surface area contributed by atoms with Gasteiger partial charge in [-0.1, -0.05) is 6.07 Å². The highest BCUT2D eigenvalue weighted by Gasteiger charge is 2.10. The number of nitrogens with two attached hydrogens (primary N) is 1. The number of rotatable bonds is 3. The molecular weight excluding hydrogens is 252 g/mol. The first kappa shape index (κ1) is 13.1. The molecule has 98 valence electrons. The first-order valence-corrected chi connectivity index (χ1v) is 5.51. The maximum Gasteiger partial charge on any atom is 0.257 e. The van der Waals surface area contributed by atoms with Gasteiger partial charge in [0.25, 0.3) is 5.91 Å². The van der Waals surface area contributed by atoms with Crippen LogP contribution in [0.1, 0.15) is 15.9 Å². The summed E-state index contributed by atoms with van der Waals surface area (Å²) >= 11 is 0. The predicted molar refractivity (Wildman–Crippen MR) is 66.4 cm³/mol. The van der Waals surface area contributed by atoms with Gasteiger partial charge in [-0.2, -0.15) is 0 Å². The summed E-state index contributed by atoms with van der Waals surface area (Å²) in [5, 5.41) is 2.44. The molecule has 4 nitrogen and oxygen atoms in total. The summed E-state index contributed by atoms with van der Waals surface area (Å²) in [7, 11) is 0. The van der Waals surface area contributed by atoms with Crippen molar-refractivity contribution >= 4 is 11.7 Å². The Labute approximate surface area is 108 Å². The van der Waals surface area contributed by atoms with E-state index in [-0.39, 0.29) is 11.4 Å². The highest BCUT2D eigenvalue weighted by Crippen LogP contribution is 2.11. The molecular formula is C13H11F2N3O. The van der Waals surface area contributed by atoms with Crippen LogP contribution in [0.3, 0.4) is 0 Å². The third-order valence-corrected chi connectivity index (χ3v) is 2.43. The summed E-state index contributed by atoms with van der Waals surface area (Å²) in [6.07, 6.45) is 1.52. The molecule has 1 aromatic carbocycles. The average Bonchev–Trinajstić information content (AvgIpc) is 2.38. The van der Waals surface area contributed by atoms with Crippen molar-refractivity contribution in [1.82, 2.24) is 4.98 Å². The quantitative estimate of drug-likeness (QED) is 0.890. The minimum Gasteiger partial charge on any atom is -0.326 e. The lowest BCUT2D eigenvalue weighted by molar-refractivity contribution is 0.102. The van der Waals surface area contributed by atoms with Crippen LogP contribution in [0.2, 0.25) is 0 Å². The Morgan fingerprint density at radius 3 is 2.42 bits per heavy atom. The smallest absolute Gasteiger partial charge is 0.257 e. The van der Waals surface area contributed by atoms with Crippen LogP contribution in [0.15, 0.2) is 36.5 Å². The van der Waals surface area contributed by atoms with Crippen LogP contribution in [0.4, 0.5) is 14.6 Å². The third-order valence-electron chi connectivity index (χ3n) is 2.43. The largest absolute Gasteiger partial charge is 0.326 e. The molecule has 0 unspecified atom stereocenters. The number of hydrogen-bond donors (Lipinski definition) is 2. The number of halogens is 2. The fraction of sp³-hybridized carbons (Fsp3) is 0.0769. The van der Waals surface area contributed by atoms with Gasteiger partial charge in [-0.15, -0.1) is 0 Å². The molecule has 0 radical (unpaired) electrons. The van der Waals surface area contributed by atoms with Crippen LogP contribution in [-0.2, 0) is 6.54 Å². The molecule has 1 aromatic heterocycles. The van der Waals surface area contributed by atoms with Crippen molar-refractivity contribution in [3.05, 3.63) is 59.3 Å². The predicted octanol–water partition coefficient (Wildman–Crippen LogP) is 2.07. The molecule has 0 saturated heterocycles. The van der Waals surface area contributed by atoms with Gasteiger partial charge in [0, 0.05) is 24.4 Å². The second-order valence-corrected chi connectivity index (χ2v) is 3.87. The number of nitrogens with one attached hydrogen (secondary N) is 1. The van der Waals surface area contributed by atoms with Crippen LogP contribution in [0, 0.1) is 11.6 Å². The van der Waals surface area contributed by atoms with Crippen LogP contribution in [0.5, 0.6) is 0 Å². The van der Waals surface area contributed by atoms with E-state index in [1.165, 1.54) is 6.20 Å². The van der Waals surface area contributed by atoms with Crippen molar-refractivity contribution in [3.63, 3.8) is 0 Å². The first-order valence-electron chi connectivity index (χ1n) is 5.51. The van der Waals surface area contributed by atoms with E-state index >= 15 is 0 Å². The Morgan fingerprint density at radius 1 is 1.21 bits per heavy atom. The maximum atomic E-state index is 13.0. The Hall–Kier alpha value is -2.34. The fourth-order valence-corrected chi connectivity index (χ4v) is 1.49. The summed E-state index contributed by atoms with van der Waals surface area (Å²) in [4.78, 5) is 15.7. The molecule has 0 aliphatic carbocycles. The maximum absolute atomic E-state index is 13.0. The number of amides is 1. The third kappa shape index (κ3) is 3.32. The van der Waals surface area contributed by atoms with Crippen molar-refractivity contribution in [2.45, 2.75) is 6.54 Å². The van der Waals surface area contributed by atoms with E-state index in [1.54, 1.807) is 12.1 Å². The Kier molecular flexibility index (Phi) is 3.82. The minimum atomic E-state index is -0.809. The molecule has 3 N–H and O–H groups in total. The van der Waals surface area contributed by atoms with Gasteiger partial charge in [0.2, 0.25) is 0 Å². The van der Waals surface area contributed by atoms with Gasteiger partial charge in [0.15, 0.2) is 0 Å². The van der Waals surface area contributed by atoms with Gasteiger partial charge in [0.1, 0.15) is 17.5 Å². The molecule has 0 fully saturated rings. The topological polar surface area (TPSA) is 68.0 Å². The van der Waals surface area contributed by atoms with E-state index in [1.807, 2.05) is 0 Å². The molecule has 1 heterocycles. The minimum absolute atomic E-state index is 0.109. The number of pyridine rings is 1. The van der Waals surface area contributed by atoms with Gasteiger partial charge in [-0.05, 0) is 23.8 Å². The summed E-state index contributed by atoms with van der Waals surface area (Å²) in [6.45, 7) is 0.344. The molecule has 6 heteroatoms. The lowest BCUT2D eigenvalue weighted by Crippen LogP contribution is -2.13. The number of hydrogen-bond acceptors (Lipinski definition) is 3. The molecule has 1 amide bonds. The van der Waals surface area contributed by atoms with E-state index in [0.29, 0.717) is 12.6 Å². The number of aromatic nitrogens is 1. The van der Waals surface area contributed by atoms with Crippen molar-refractivity contribution in [2.24, 2.45) is 5.73 Å². The summed E-state index contributed by atoms with van der Waals surface area (Å²) in [5.74, 6) is -1.97. The van der Waals surface area contributed by atoms with E-state index < -0.39 is 17.5 Å². The van der Waals surface area contributed by atoms with E-state index in [4.69, 9.17) is 5.73 Å². The number of nitrogens with zero attached hydrogens (tertiary/aromatic N) is 1. The number of anilines is 1. The fourth-order valence-electron chi connectivity index (χ4n) is 1.49. The van der Waals surface area contributed by atoms with Gasteiger partial charge in [0.05, 0.1) is 0 Å². The van der Waals surface area contributed by atoms with Crippen LogP contribution in [-0.4, -0.2) is 10.9 Å². The monoisotopic (exact) mass is 263 g/mol. The second-order valence-electron chi connectivity index (χ2n) is 3.87. The summed E-state index contributed by atoms with van der Waals surface area (Å²) < 4.78 is 26.0. The first-order chi connectivity index (χ1) is 9.08. The standard InChI is InChI=1S/C13H11F2N3O/c14-10-3-9(4-11(15)5-10)13(19)18-12-2-1-8(6-16)7-17-12/h1-5,7H,6,16H2,(H,17,18,19). The second kappa shape index (κ2) is 5.53. The summed E-state index contributed by atoms with van der Waals surface area (Å²) in [6, 6.07) is 5.87. The molecule has 0 aliphatic rings. The van der Waals surface area contributed by atoms with E-state index in [0.717, 1.165) is 17.7 Å². The molecule has 2 aromatic rings. The zero-order valence-electron chi connectivity index (χ0n) is 9.86. The van der Waals surface area contributed by atoms with E-state index in [2.05, 4.69) is 10.3 Å². The zero-order valence-corrected chi connectivity index (χ0v) is 9.86. The molecule has 0 aliphatic heterocycles. The van der Waals surface area contributed by atoms with Crippen molar-refractivity contribution in [2.75, 3.05) is 5.32 Å². The molecule has 0 spiro atoms. The molecule has 19 heavy (non-hydrogen) atoms. The summed E-state index contributed by atoms with van der Waals surface area (Å²) in [5.41, 5.74) is 6.12. The number of benzene rings is 1. The highest BCUT2D eigenvalue weighted by molar-refractivity contribution is 6.03. The van der Waals surface area contributed by atoms with E-state index in [9.17, 15) is 13.6 Å². The Balaban J connectivity index is 2.15. The van der Waals surface area contributed by atoms with Gasteiger partial charge in [-0.3, -0.25) is 4.79 Å². The normalized spacial score (nSPS) is 10.3. The van der Waals surface area contributed by atoms with Crippen molar-refractivity contribution in [3.8, 4) is 0 Å². The lowest BCUT2D eigenvalue weighted by atomic mass is 10.2. The molecule has 0 bridgehead atoms. The van der Waals surface area contributed by atoms with Crippen molar-refractivity contribution in [1.29, 1.82) is 0 Å². The SMILES string of the molecule is NCc1ccc(NC(=O)c2cc(F)cc(F)c2)nc1. The van der Waals surface area contributed by atoms with Crippen LogP contribution < -0.4 is 11.1 Å². The van der Waals surface area contributed by atoms with Crippen molar-refractivity contribution < 1.29 is 13.6 Å². The average molecular weight is 263 g/mol. The molecule has 0 saturated carbocycles. The highest BCUT2D eigenvalue weighted by atomic mass is 19.1. The Bertz CT molecular complexity index is 579. The lowest BCUT2D eigenvalue weighted by Gasteiger charge is -2.05. The zero-order chi connectivity index (χ0) is 13.8. The van der Waals surface area contributed by atoms with Crippen LogP contribution in [0.25, 0.3) is 0 Å². The van der Waals surface area contributed by atoms with Gasteiger partial charge in [-0.25, -0.2) is 13.8 Å². The van der Waals surface area contributed by atoms with Gasteiger partial charge >= 0.3 is 0 Å². The van der Waals surface area contributed by atoms with Gasteiger partial charge < -0.3 is 11.1 Å².